The van der Waals surface area contributed by atoms with Crippen LogP contribution < -0.4 is 5.32 Å². The van der Waals surface area contributed by atoms with Crippen LogP contribution >= 0.6 is 0 Å². The second-order valence-corrected chi connectivity index (χ2v) is 8.82. The predicted molar refractivity (Wildman–Crippen MR) is 126 cm³/mol. The molecule has 1 fully saturated rings. The number of halogens is 2. The molecule has 1 amide bonds. The van der Waals surface area contributed by atoms with Crippen LogP contribution in [0.3, 0.4) is 0 Å². The molecule has 170 valence electrons. The van der Waals surface area contributed by atoms with Crippen molar-refractivity contribution < 1.29 is 13.6 Å². The highest BCUT2D eigenvalue weighted by Crippen LogP contribution is 2.59. The van der Waals surface area contributed by atoms with Gasteiger partial charge in [0.2, 0.25) is 5.91 Å². The average Bonchev–Trinajstić information content (AvgIpc) is 3.55. The number of hydrogen-bond acceptors (Lipinski definition) is 2. The molecule has 4 rings (SSSR count). The molecule has 0 bridgehead atoms. The first-order chi connectivity index (χ1) is 16.0. The third kappa shape index (κ3) is 5.54. The molecule has 2 atom stereocenters. The maximum Gasteiger partial charge on any atom is 0.243 e. The molecular formula is C28H28F2N2O. The molecule has 0 unspecified atom stereocenters. The zero-order chi connectivity index (χ0) is 23.3. The van der Waals surface area contributed by atoms with Gasteiger partial charge >= 0.3 is 0 Å². The fourth-order valence-electron chi connectivity index (χ4n) is 4.57. The number of amides is 1. The highest BCUT2D eigenvalue weighted by molar-refractivity contribution is 5.87. The molecule has 0 spiro atoms. The second kappa shape index (κ2) is 10.1. The van der Waals surface area contributed by atoms with E-state index in [2.05, 4.69) is 16.4 Å². The SMILES string of the molecule is C[C@@H](CCCc1cccnc1)NC(=O)C=C[C@H]1CC1(c1ccc(F)cc1)c1ccc(F)cc1. The van der Waals surface area contributed by atoms with Crippen molar-refractivity contribution in [3.05, 3.63) is 114 Å². The van der Waals surface area contributed by atoms with Crippen LogP contribution in [-0.2, 0) is 16.6 Å². The smallest absolute Gasteiger partial charge is 0.243 e. The fraction of sp³-hybridized carbons (Fsp3) is 0.286. The minimum absolute atomic E-state index is 0.0666. The Bertz CT molecular complexity index is 1050. The van der Waals surface area contributed by atoms with E-state index in [1.54, 1.807) is 36.5 Å². The Kier molecular flexibility index (Phi) is 6.97. The van der Waals surface area contributed by atoms with Crippen LogP contribution in [0.25, 0.3) is 0 Å². The highest BCUT2D eigenvalue weighted by Gasteiger charge is 2.55. The van der Waals surface area contributed by atoms with Crippen molar-refractivity contribution in [2.45, 2.75) is 44.1 Å². The highest BCUT2D eigenvalue weighted by atomic mass is 19.1. The van der Waals surface area contributed by atoms with Gasteiger partial charge in [-0.1, -0.05) is 36.4 Å². The molecule has 3 aromatic rings. The van der Waals surface area contributed by atoms with Gasteiger partial charge in [-0.05, 0) is 91.6 Å². The lowest BCUT2D eigenvalue weighted by atomic mass is 9.85. The van der Waals surface area contributed by atoms with E-state index < -0.39 is 0 Å². The van der Waals surface area contributed by atoms with Gasteiger partial charge in [0.25, 0.3) is 0 Å². The number of benzene rings is 2. The van der Waals surface area contributed by atoms with Crippen LogP contribution in [0.2, 0.25) is 0 Å². The number of carbonyl (C=O) groups is 1. The van der Waals surface area contributed by atoms with E-state index in [1.165, 1.54) is 29.8 Å². The molecule has 2 aromatic carbocycles. The number of hydrogen-bond donors (Lipinski definition) is 1. The number of nitrogens with one attached hydrogen (secondary N) is 1. The largest absolute Gasteiger partial charge is 0.350 e. The maximum absolute atomic E-state index is 13.5. The van der Waals surface area contributed by atoms with Crippen molar-refractivity contribution in [2.75, 3.05) is 0 Å². The van der Waals surface area contributed by atoms with Gasteiger partial charge in [-0.2, -0.15) is 0 Å². The van der Waals surface area contributed by atoms with E-state index in [0.29, 0.717) is 0 Å². The molecule has 1 aliphatic rings. The van der Waals surface area contributed by atoms with Crippen LogP contribution in [0.5, 0.6) is 0 Å². The first-order valence-corrected chi connectivity index (χ1v) is 11.4. The third-order valence-corrected chi connectivity index (χ3v) is 6.43. The Morgan fingerprint density at radius 2 is 1.73 bits per heavy atom. The summed E-state index contributed by atoms with van der Waals surface area (Å²) in [4.78, 5) is 16.6. The van der Waals surface area contributed by atoms with Gasteiger partial charge < -0.3 is 5.32 Å². The Labute approximate surface area is 193 Å². The summed E-state index contributed by atoms with van der Waals surface area (Å²) in [7, 11) is 0. The average molecular weight is 447 g/mol. The van der Waals surface area contributed by atoms with Crippen LogP contribution in [-0.4, -0.2) is 16.9 Å². The Morgan fingerprint density at radius 3 is 2.30 bits per heavy atom. The number of allylic oxidation sites excluding steroid dienone is 1. The molecule has 33 heavy (non-hydrogen) atoms. The van der Waals surface area contributed by atoms with E-state index in [1.807, 2.05) is 25.3 Å². The number of rotatable bonds is 9. The zero-order valence-corrected chi connectivity index (χ0v) is 18.7. The standard InChI is InChI=1S/C28H28F2N2O/c1-20(4-2-5-21-6-3-17-31-19-21)32-27(33)16-11-24-18-28(24,22-7-12-25(29)13-8-22)23-9-14-26(30)15-10-23/h3,6-17,19-20,24H,2,4-5,18H2,1H3,(H,32,33)/t20-,24-/m0/s1. The van der Waals surface area contributed by atoms with Gasteiger partial charge in [-0.15, -0.1) is 0 Å². The summed E-state index contributed by atoms with van der Waals surface area (Å²) in [6.45, 7) is 2.01. The van der Waals surface area contributed by atoms with Gasteiger partial charge in [0.15, 0.2) is 0 Å². The van der Waals surface area contributed by atoms with Crippen molar-refractivity contribution in [2.24, 2.45) is 5.92 Å². The summed E-state index contributed by atoms with van der Waals surface area (Å²) in [6.07, 6.45) is 10.7. The van der Waals surface area contributed by atoms with E-state index in [0.717, 1.165) is 36.8 Å². The van der Waals surface area contributed by atoms with Crippen molar-refractivity contribution in [1.82, 2.24) is 10.3 Å². The van der Waals surface area contributed by atoms with Gasteiger partial charge in [-0.25, -0.2) is 8.78 Å². The number of nitrogens with zero attached hydrogens (tertiary/aromatic N) is 1. The van der Waals surface area contributed by atoms with E-state index in [4.69, 9.17) is 0 Å². The first-order valence-electron chi connectivity index (χ1n) is 11.4. The molecule has 1 N–H and O–H groups in total. The van der Waals surface area contributed by atoms with Crippen molar-refractivity contribution in [3.63, 3.8) is 0 Å². The molecule has 3 nitrogen and oxygen atoms in total. The minimum atomic E-state index is -0.368. The summed E-state index contributed by atoms with van der Waals surface area (Å²) in [5.41, 5.74) is 2.76. The number of pyridine rings is 1. The predicted octanol–water partition coefficient (Wildman–Crippen LogP) is 5.75. The van der Waals surface area contributed by atoms with Crippen LogP contribution in [0, 0.1) is 17.6 Å². The summed E-state index contributed by atoms with van der Waals surface area (Å²) in [6, 6.07) is 16.9. The lowest BCUT2D eigenvalue weighted by Crippen LogP contribution is -2.31. The van der Waals surface area contributed by atoms with E-state index in [9.17, 15) is 13.6 Å². The van der Waals surface area contributed by atoms with E-state index in [-0.39, 0.29) is 34.9 Å². The molecular weight excluding hydrogens is 418 g/mol. The quantitative estimate of drug-likeness (QED) is 0.425. The molecule has 0 radical (unpaired) electrons. The van der Waals surface area contributed by atoms with Crippen molar-refractivity contribution >= 4 is 5.91 Å². The van der Waals surface area contributed by atoms with Crippen LogP contribution in [0.1, 0.15) is 42.9 Å². The van der Waals surface area contributed by atoms with Gasteiger partial charge in [-0.3, -0.25) is 9.78 Å². The van der Waals surface area contributed by atoms with Gasteiger partial charge in [0.05, 0.1) is 0 Å². The zero-order valence-electron chi connectivity index (χ0n) is 18.7. The number of aryl methyl sites for hydroxylation is 1. The fourth-order valence-corrected chi connectivity index (χ4v) is 4.57. The molecule has 1 heterocycles. The van der Waals surface area contributed by atoms with Crippen molar-refractivity contribution in [1.29, 1.82) is 0 Å². The monoisotopic (exact) mass is 446 g/mol. The topological polar surface area (TPSA) is 42.0 Å². The first kappa shape index (κ1) is 22.8. The van der Waals surface area contributed by atoms with Crippen molar-refractivity contribution in [3.8, 4) is 0 Å². The number of carbonyl (C=O) groups excluding carboxylic acids is 1. The third-order valence-electron chi connectivity index (χ3n) is 6.43. The molecule has 5 heteroatoms. The Hall–Kier alpha value is -3.34. The Balaban J connectivity index is 1.37. The molecule has 0 aliphatic heterocycles. The Morgan fingerprint density at radius 1 is 1.09 bits per heavy atom. The second-order valence-electron chi connectivity index (χ2n) is 8.82. The molecule has 1 aliphatic carbocycles. The summed E-state index contributed by atoms with van der Waals surface area (Å²) in [5, 5.41) is 3.03. The molecule has 0 saturated heterocycles. The van der Waals surface area contributed by atoms with Crippen LogP contribution in [0.15, 0.2) is 85.2 Å². The summed E-state index contributed by atoms with van der Waals surface area (Å²) in [5.74, 6) is -0.627. The molecule has 1 saturated carbocycles. The maximum atomic E-state index is 13.5. The van der Waals surface area contributed by atoms with E-state index >= 15 is 0 Å². The van der Waals surface area contributed by atoms with Gasteiger partial charge in [0.1, 0.15) is 11.6 Å². The summed E-state index contributed by atoms with van der Waals surface area (Å²) < 4.78 is 27.0. The van der Waals surface area contributed by atoms with Gasteiger partial charge in [0, 0.05) is 23.9 Å². The van der Waals surface area contributed by atoms with Crippen LogP contribution in [0.4, 0.5) is 8.78 Å². The number of aromatic nitrogens is 1. The summed E-state index contributed by atoms with van der Waals surface area (Å²) >= 11 is 0. The lowest BCUT2D eigenvalue weighted by Gasteiger charge is -2.18. The lowest BCUT2D eigenvalue weighted by molar-refractivity contribution is -0.117. The molecule has 1 aromatic heterocycles. The normalized spacial score (nSPS) is 17.6. The minimum Gasteiger partial charge on any atom is -0.350 e.